The summed E-state index contributed by atoms with van der Waals surface area (Å²) in [6.45, 7) is 5.32. The lowest BCUT2D eigenvalue weighted by Crippen LogP contribution is -2.27. The number of nitrogens with zero attached hydrogens (tertiary/aromatic N) is 1. The Hall–Kier alpha value is -2.24. The first-order chi connectivity index (χ1) is 8.35. The van der Waals surface area contributed by atoms with Crippen molar-refractivity contribution in [1.82, 2.24) is 4.98 Å². The van der Waals surface area contributed by atoms with Crippen LogP contribution in [-0.4, -0.2) is 16.7 Å². The number of amides is 1. The summed E-state index contributed by atoms with van der Waals surface area (Å²) in [5.41, 5.74) is 6.65. The lowest BCUT2D eigenvalue weighted by Gasteiger charge is -2.18. The van der Waals surface area contributed by atoms with Crippen LogP contribution in [0.3, 0.4) is 0 Å². The van der Waals surface area contributed by atoms with Crippen molar-refractivity contribution in [2.45, 2.75) is 26.4 Å². The van der Waals surface area contributed by atoms with E-state index in [1.807, 2.05) is 0 Å². The second-order valence-corrected chi connectivity index (χ2v) is 4.84. The number of hydrogen-bond acceptors (Lipinski definition) is 5. The predicted octanol–water partition coefficient (Wildman–Crippen LogP) is 2.76. The average molecular weight is 249 g/mol. The van der Waals surface area contributed by atoms with Crippen LogP contribution in [0.1, 0.15) is 20.8 Å². The number of oxazole rings is 1. The molecular weight excluding hydrogens is 234 g/mol. The van der Waals surface area contributed by atoms with Crippen LogP contribution in [0.5, 0.6) is 0 Å². The fourth-order valence-corrected chi connectivity index (χ4v) is 1.41. The van der Waals surface area contributed by atoms with Gasteiger partial charge in [-0.3, -0.25) is 0 Å². The van der Waals surface area contributed by atoms with E-state index in [-0.39, 0.29) is 6.01 Å². The molecule has 0 atom stereocenters. The van der Waals surface area contributed by atoms with E-state index in [9.17, 15) is 4.79 Å². The summed E-state index contributed by atoms with van der Waals surface area (Å²) in [4.78, 5) is 15.6. The molecule has 0 aliphatic rings. The third-order valence-corrected chi connectivity index (χ3v) is 2.05. The molecule has 0 bridgehead atoms. The number of hydrogen-bond donors (Lipinski definition) is 2. The quantitative estimate of drug-likeness (QED) is 0.758. The molecule has 0 radical (unpaired) electrons. The van der Waals surface area contributed by atoms with Gasteiger partial charge in [-0.1, -0.05) is 6.07 Å². The van der Waals surface area contributed by atoms with E-state index in [1.54, 1.807) is 39.0 Å². The van der Waals surface area contributed by atoms with Gasteiger partial charge in [0.05, 0.1) is 5.69 Å². The Kier molecular flexibility index (Phi) is 2.86. The molecule has 18 heavy (non-hydrogen) atoms. The van der Waals surface area contributed by atoms with Crippen LogP contribution >= 0.6 is 0 Å². The topological polar surface area (TPSA) is 90.4 Å². The van der Waals surface area contributed by atoms with Gasteiger partial charge in [-0.05, 0) is 32.9 Å². The molecule has 96 valence electrons. The second-order valence-electron chi connectivity index (χ2n) is 4.84. The summed E-state index contributed by atoms with van der Waals surface area (Å²) in [6, 6.07) is 5.27. The molecule has 0 aliphatic heterocycles. The molecule has 0 spiro atoms. The van der Waals surface area contributed by atoms with Gasteiger partial charge in [-0.15, -0.1) is 0 Å². The number of anilines is 2. The number of carbonyl (C=O) groups excluding carboxylic acids is 1. The maximum atomic E-state index is 11.5. The molecule has 1 aromatic carbocycles. The van der Waals surface area contributed by atoms with Crippen LogP contribution in [0.25, 0.3) is 11.1 Å². The molecule has 2 aromatic rings. The van der Waals surface area contributed by atoms with Gasteiger partial charge in [0.25, 0.3) is 0 Å². The molecule has 0 fully saturated rings. The van der Waals surface area contributed by atoms with Gasteiger partial charge in [0.15, 0.2) is 5.58 Å². The summed E-state index contributed by atoms with van der Waals surface area (Å²) >= 11 is 0. The molecule has 6 heteroatoms. The first-order valence-electron chi connectivity index (χ1n) is 5.50. The monoisotopic (exact) mass is 249 g/mol. The highest BCUT2D eigenvalue weighted by Gasteiger charge is 2.18. The summed E-state index contributed by atoms with van der Waals surface area (Å²) in [5, 5.41) is 2.42. The maximum absolute atomic E-state index is 11.5. The fourth-order valence-electron chi connectivity index (χ4n) is 1.41. The molecule has 0 saturated carbocycles. The second kappa shape index (κ2) is 4.21. The highest BCUT2D eigenvalue weighted by Crippen LogP contribution is 2.24. The number of para-hydroxylation sites is 1. The smallest absolute Gasteiger partial charge is 0.415 e. The van der Waals surface area contributed by atoms with Crippen LogP contribution in [0.2, 0.25) is 0 Å². The van der Waals surface area contributed by atoms with Crippen LogP contribution in [0.15, 0.2) is 22.6 Å². The first kappa shape index (κ1) is 12.2. The highest BCUT2D eigenvalue weighted by atomic mass is 16.6. The van der Waals surface area contributed by atoms with E-state index in [4.69, 9.17) is 14.9 Å². The minimum atomic E-state index is -0.618. The van der Waals surface area contributed by atoms with E-state index in [2.05, 4.69) is 10.3 Å². The Bertz CT molecular complexity index is 584. The van der Waals surface area contributed by atoms with Crippen molar-refractivity contribution in [3.05, 3.63) is 18.2 Å². The summed E-state index contributed by atoms with van der Waals surface area (Å²) in [5.74, 6) is 0. The number of fused-ring (bicyclic) bond motifs is 1. The molecule has 0 saturated heterocycles. The SMILES string of the molecule is CC(C)(C)OC(=O)Nc1nc2cccc(N)c2o1. The minimum absolute atomic E-state index is 0.0668. The van der Waals surface area contributed by atoms with E-state index in [0.29, 0.717) is 16.8 Å². The van der Waals surface area contributed by atoms with Crippen LogP contribution in [-0.2, 0) is 4.74 Å². The number of aromatic nitrogens is 1. The molecule has 1 heterocycles. The minimum Gasteiger partial charge on any atom is -0.443 e. The van der Waals surface area contributed by atoms with Gasteiger partial charge in [0, 0.05) is 0 Å². The summed E-state index contributed by atoms with van der Waals surface area (Å²) < 4.78 is 10.4. The largest absolute Gasteiger partial charge is 0.443 e. The number of benzene rings is 1. The fraction of sp³-hybridized carbons (Fsp3) is 0.333. The number of rotatable bonds is 1. The van der Waals surface area contributed by atoms with Crippen molar-refractivity contribution in [2.75, 3.05) is 11.1 Å². The number of ether oxygens (including phenoxy) is 1. The highest BCUT2D eigenvalue weighted by molar-refractivity contribution is 5.89. The average Bonchev–Trinajstić information content (AvgIpc) is 2.58. The molecule has 2 rings (SSSR count). The Morgan fingerprint density at radius 3 is 2.78 bits per heavy atom. The Labute approximate surface area is 104 Å². The van der Waals surface area contributed by atoms with Gasteiger partial charge in [0.2, 0.25) is 0 Å². The van der Waals surface area contributed by atoms with Gasteiger partial charge in [0.1, 0.15) is 11.1 Å². The van der Waals surface area contributed by atoms with Gasteiger partial charge >= 0.3 is 12.1 Å². The predicted molar refractivity (Wildman–Crippen MR) is 68.3 cm³/mol. The Morgan fingerprint density at radius 2 is 2.17 bits per heavy atom. The lowest BCUT2D eigenvalue weighted by molar-refractivity contribution is 0.0632. The van der Waals surface area contributed by atoms with Gasteiger partial charge in [-0.25, -0.2) is 10.1 Å². The normalized spacial score (nSPS) is 11.5. The van der Waals surface area contributed by atoms with Crippen molar-refractivity contribution in [3.8, 4) is 0 Å². The van der Waals surface area contributed by atoms with Crippen molar-refractivity contribution in [3.63, 3.8) is 0 Å². The zero-order chi connectivity index (χ0) is 13.3. The van der Waals surface area contributed by atoms with E-state index in [0.717, 1.165) is 0 Å². The first-order valence-corrected chi connectivity index (χ1v) is 5.50. The summed E-state index contributed by atoms with van der Waals surface area (Å²) in [6.07, 6.45) is -0.618. The zero-order valence-corrected chi connectivity index (χ0v) is 10.5. The number of nitrogen functional groups attached to an aromatic ring is 1. The molecule has 1 aromatic heterocycles. The van der Waals surface area contributed by atoms with Crippen LogP contribution in [0.4, 0.5) is 16.5 Å². The molecule has 6 nitrogen and oxygen atoms in total. The third kappa shape index (κ3) is 2.71. The maximum Gasteiger partial charge on any atom is 0.415 e. The lowest BCUT2D eigenvalue weighted by atomic mass is 10.2. The van der Waals surface area contributed by atoms with Crippen molar-refractivity contribution >= 4 is 28.9 Å². The van der Waals surface area contributed by atoms with Crippen LogP contribution in [0, 0.1) is 0 Å². The van der Waals surface area contributed by atoms with E-state index in [1.165, 1.54) is 0 Å². The van der Waals surface area contributed by atoms with Crippen molar-refractivity contribution in [1.29, 1.82) is 0 Å². The van der Waals surface area contributed by atoms with E-state index >= 15 is 0 Å². The van der Waals surface area contributed by atoms with Gasteiger partial charge in [-0.2, -0.15) is 4.98 Å². The zero-order valence-electron chi connectivity index (χ0n) is 10.5. The molecule has 1 amide bonds. The number of carbonyl (C=O) groups is 1. The molecule has 0 unspecified atom stereocenters. The Morgan fingerprint density at radius 1 is 1.44 bits per heavy atom. The van der Waals surface area contributed by atoms with Crippen molar-refractivity contribution < 1.29 is 13.9 Å². The summed E-state index contributed by atoms with van der Waals surface area (Å²) in [7, 11) is 0. The number of nitrogens with two attached hydrogens (primary N) is 1. The Balaban J connectivity index is 2.18. The van der Waals surface area contributed by atoms with Crippen LogP contribution < -0.4 is 11.1 Å². The van der Waals surface area contributed by atoms with Gasteiger partial charge < -0.3 is 14.9 Å². The molecule has 3 N–H and O–H groups in total. The molecule has 0 aliphatic carbocycles. The van der Waals surface area contributed by atoms with E-state index < -0.39 is 11.7 Å². The third-order valence-electron chi connectivity index (χ3n) is 2.05. The standard InChI is InChI=1S/C12H15N3O3/c1-12(2,3)18-11(16)15-10-14-8-6-4-5-7(13)9(8)17-10/h4-6H,13H2,1-3H3,(H,14,15,16). The number of nitrogens with one attached hydrogen (secondary N) is 1. The molecular formula is C12H15N3O3. The van der Waals surface area contributed by atoms with Crippen molar-refractivity contribution in [2.24, 2.45) is 0 Å².